The first kappa shape index (κ1) is 13.7. The molecule has 1 unspecified atom stereocenters. The van der Waals surface area contributed by atoms with Crippen molar-refractivity contribution in [1.82, 2.24) is 9.97 Å². The molecule has 0 aliphatic rings. The molecule has 17 heavy (non-hydrogen) atoms. The van der Waals surface area contributed by atoms with Crippen LogP contribution in [0.3, 0.4) is 0 Å². The van der Waals surface area contributed by atoms with Crippen LogP contribution >= 0.6 is 0 Å². The van der Waals surface area contributed by atoms with Crippen LogP contribution in [0.1, 0.15) is 13.8 Å². The minimum atomic E-state index is -0.00528. The van der Waals surface area contributed by atoms with Crippen molar-refractivity contribution < 1.29 is 9.47 Å². The minimum absolute atomic E-state index is 0.00528. The molecule has 0 aliphatic carbocycles. The van der Waals surface area contributed by atoms with Gasteiger partial charge in [0.2, 0.25) is 11.8 Å². The molecule has 0 saturated carbocycles. The van der Waals surface area contributed by atoms with Gasteiger partial charge < -0.3 is 20.5 Å². The Bertz CT molecular complexity index is 333. The molecule has 0 radical (unpaired) electrons. The van der Waals surface area contributed by atoms with Crippen molar-refractivity contribution >= 4 is 5.95 Å². The zero-order valence-corrected chi connectivity index (χ0v) is 10.5. The van der Waals surface area contributed by atoms with E-state index in [-0.39, 0.29) is 12.1 Å². The molecule has 0 bridgehead atoms. The number of nitrogens with two attached hydrogens (primary N) is 1. The van der Waals surface area contributed by atoms with Gasteiger partial charge in [-0.1, -0.05) is 0 Å². The first-order chi connectivity index (χ1) is 8.15. The second kappa shape index (κ2) is 7.03. The summed E-state index contributed by atoms with van der Waals surface area (Å²) in [6.45, 7) is 4.85. The summed E-state index contributed by atoms with van der Waals surface area (Å²) in [4.78, 5) is 8.33. The van der Waals surface area contributed by atoms with Crippen molar-refractivity contribution in [3.8, 4) is 5.88 Å². The first-order valence-corrected chi connectivity index (χ1v) is 5.61. The fraction of sp³-hybridized carbons (Fsp3) is 0.636. The van der Waals surface area contributed by atoms with Crippen molar-refractivity contribution in [2.45, 2.75) is 26.0 Å². The predicted molar refractivity (Wildman–Crippen MR) is 66.1 cm³/mol. The van der Waals surface area contributed by atoms with Gasteiger partial charge in [-0.25, -0.2) is 4.98 Å². The molecule has 96 valence electrons. The molecule has 0 saturated heterocycles. The minimum Gasteiger partial charge on any atom is -0.475 e. The van der Waals surface area contributed by atoms with E-state index in [1.807, 2.05) is 13.8 Å². The molecule has 3 N–H and O–H groups in total. The SMILES string of the molecule is COCC(CN)Nc1nccc(OC(C)C)n1. The van der Waals surface area contributed by atoms with E-state index in [4.69, 9.17) is 15.2 Å². The Labute approximate surface area is 102 Å². The third-order valence-electron chi connectivity index (χ3n) is 1.97. The summed E-state index contributed by atoms with van der Waals surface area (Å²) >= 11 is 0. The lowest BCUT2D eigenvalue weighted by Gasteiger charge is -2.16. The summed E-state index contributed by atoms with van der Waals surface area (Å²) in [5.74, 6) is 1.04. The quantitative estimate of drug-likeness (QED) is 0.728. The molecule has 1 rings (SSSR count). The highest BCUT2D eigenvalue weighted by atomic mass is 16.5. The Hall–Kier alpha value is -1.40. The summed E-state index contributed by atoms with van der Waals surface area (Å²) in [5.41, 5.74) is 5.60. The number of nitrogens with one attached hydrogen (secondary N) is 1. The third-order valence-corrected chi connectivity index (χ3v) is 1.97. The molecule has 0 fully saturated rings. The van der Waals surface area contributed by atoms with Crippen LogP contribution in [0.15, 0.2) is 12.3 Å². The van der Waals surface area contributed by atoms with Gasteiger partial charge >= 0.3 is 0 Å². The second-order valence-corrected chi connectivity index (χ2v) is 3.92. The molecule has 0 aliphatic heterocycles. The highest BCUT2D eigenvalue weighted by molar-refractivity contribution is 5.29. The Kier molecular flexibility index (Phi) is 5.65. The van der Waals surface area contributed by atoms with Gasteiger partial charge in [-0.05, 0) is 13.8 Å². The fourth-order valence-electron chi connectivity index (χ4n) is 1.27. The lowest BCUT2D eigenvalue weighted by molar-refractivity contribution is 0.187. The van der Waals surface area contributed by atoms with Crippen LogP contribution in [0.25, 0.3) is 0 Å². The number of nitrogens with zero attached hydrogens (tertiary/aromatic N) is 2. The molecular weight excluding hydrogens is 220 g/mol. The average molecular weight is 240 g/mol. The summed E-state index contributed by atoms with van der Waals surface area (Å²) in [7, 11) is 1.63. The average Bonchev–Trinajstić information content (AvgIpc) is 2.28. The normalized spacial score (nSPS) is 12.5. The van der Waals surface area contributed by atoms with Gasteiger partial charge in [0.05, 0.1) is 18.8 Å². The standard InChI is InChI=1S/C11H20N4O2/c1-8(2)17-10-4-5-13-11(15-10)14-9(6-12)7-16-3/h4-5,8-9H,6-7,12H2,1-3H3,(H,13,14,15). The van der Waals surface area contributed by atoms with Gasteiger partial charge in [0.25, 0.3) is 0 Å². The van der Waals surface area contributed by atoms with Crippen LogP contribution in [-0.2, 0) is 4.74 Å². The summed E-state index contributed by atoms with van der Waals surface area (Å²) in [5, 5.41) is 3.09. The molecule has 0 spiro atoms. The Morgan fingerprint density at radius 1 is 1.47 bits per heavy atom. The Morgan fingerprint density at radius 3 is 2.82 bits per heavy atom. The highest BCUT2D eigenvalue weighted by Gasteiger charge is 2.08. The van der Waals surface area contributed by atoms with Crippen LogP contribution in [-0.4, -0.2) is 42.4 Å². The van der Waals surface area contributed by atoms with Crippen molar-refractivity contribution in [1.29, 1.82) is 0 Å². The van der Waals surface area contributed by atoms with Gasteiger partial charge in [-0.3, -0.25) is 0 Å². The summed E-state index contributed by atoms with van der Waals surface area (Å²) in [6.07, 6.45) is 1.73. The molecule has 6 heteroatoms. The lowest BCUT2D eigenvalue weighted by Crippen LogP contribution is -2.33. The van der Waals surface area contributed by atoms with Crippen LogP contribution in [0, 0.1) is 0 Å². The maximum Gasteiger partial charge on any atom is 0.226 e. The number of rotatable bonds is 7. The van der Waals surface area contributed by atoms with Crippen molar-refractivity contribution in [3.05, 3.63) is 12.3 Å². The summed E-state index contributed by atoms with van der Waals surface area (Å²) < 4.78 is 10.5. The number of hydrogen-bond donors (Lipinski definition) is 2. The van der Waals surface area contributed by atoms with Crippen molar-refractivity contribution in [2.24, 2.45) is 5.73 Å². The Morgan fingerprint density at radius 2 is 2.24 bits per heavy atom. The maximum absolute atomic E-state index is 5.60. The predicted octanol–water partition coefficient (Wildman–Crippen LogP) is 0.649. The van der Waals surface area contributed by atoms with E-state index in [0.717, 1.165) is 0 Å². The molecule has 0 aromatic carbocycles. The maximum atomic E-state index is 5.60. The largest absolute Gasteiger partial charge is 0.475 e. The number of anilines is 1. The van der Waals surface area contributed by atoms with Gasteiger partial charge in [-0.2, -0.15) is 4.98 Å². The van der Waals surface area contributed by atoms with Gasteiger partial charge in [0.1, 0.15) is 0 Å². The molecule has 1 aromatic heterocycles. The number of aromatic nitrogens is 2. The molecule has 1 heterocycles. The van der Waals surface area contributed by atoms with E-state index in [1.165, 1.54) is 0 Å². The van der Waals surface area contributed by atoms with Gasteiger partial charge in [0.15, 0.2) is 0 Å². The van der Waals surface area contributed by atoms with Gasteiger partial charge in [0, 0.05) is 25.9 Å². The molecule has 6 nitrogen and oxygen atoms in total. The van der Waals surface area contributed by atoms with E-state index < -0.39 is 0 Å². The van der Waals surface area contributed by atoms with Crippen LogP contribution < -0.4 is 15.8 Å². The second-order valence-electron chi connectivity index (χ2n) is 3.92. The van der Waals surface area contributed by atoms with Crippen molar-refractivity contribution in [2.75, 3.05) is 25.6 Å². The zero-order chi connectivity index (χ0) is 12.7. The van der Waals surface area contributed by atoms with E-state index >= 15 is 0 Å². The highest BCUT2D eigenvalue weighted by Crippen LogP contribution is 2.10. The van der Waals surface area contributed by atoms with Crippen LogP contribution in [0.2, 0.25) is 0 Å². The van der Waals surface area contributed by atoms with Gasteiger partial charge in [-0.15, -0.1) is 0 Å². The number of ether oxygens (including phenoxy) is 2. The van der Waals surface area contributed by atoms with E-state index in [2.05, 4.69) is 15.3 Å². The molecule has 1 atom stereocenters. The van der Waals surface area contributed by atoms with E-state index in [1.54, 1.807) is 19.4 Å². The lowest BCUT2D eigenvalue weighted by atomic mass is 10.3. The topological polar surface area (TPSA) is 82.3 Å². The van der Waals surface area contributed by atoms with Crippen LogP contribution in [0.5, 0.6) is 5.88 Å². The summed E-state index contributed by atoms with van der Waals surface area (Å²) in [6, 6.07) is 1.72. The Balaban J connectivity index is 2.63. The first-order valence-electron chi connectivity index (χ1n) is 5.61. The van der Waals surface area contributed by atoms with E-state index in [0.29, 0.717) is 25.0 Å². The molecular formula is C11H20N4O2. The molecule has 0 amide bonds. The smallest absolute Gasteiger partial charge is 0.226 e. The fourth-order valence-corrected chi connectivity index (χ4v) is 1.27. The third kappa shape index (κ3) is 4.97. The number of methoxy groups -OCH3 is 1. The van der Waals surface area contributed by atoms with Crippen molar-refractivity contribution in [3.63, 3.8) is 0 Å². The molecule has 1 aromatic rings. The monoisotopic (exact) mass is 240 g/mol. The van der Waals surface area contributed by atoms with E-state index in [9.17, 15) is 0 Å². The number of hydrogen-bond acceptors (Lipinski definition) is 6. The van der Waals surface area contributed by atoms with Crippen LogP contribution in [0.4, 0.5) is 5.95 Å². The zero-order valence-electron chi connectivity index (χ0n) is 10.5.